The number of carbonyl (C=O) groups excluding carboxylic acids is 2. The SMILES string of the molecule is Cl.O=C(N[C@H]1CCCC[C@H]1NC(=O)c1nc2c(s1)CN1CCCN1C2)c1cc2cc(Cl)ccc2[nH]1. The fraction of sp³-hybridized carbons (Fsp3) is 0.458. The molecule has 3 aliphatic rings. The smallest absolute Gasteiger partial charge is 0.280 e. The van der Waals surface area contributed by atoms with Gasteiger partial charge in [0.05, 0.1) is 12.2 Å². The minimum Gasteiger partial charge on any atom is -0.351 e. The molecule has 0 spiro atoms. The molecule has 1 saturated heterocycles. The summed E-state index contributed by atoms with van der Waals surface area (Å²) in [7, 11) is 0. The van der Waals surface area contributed by atoms with Crippen LogP contribution in [0, 0.1) is 0 Å². The van der Waals surface area contributed by atoms with Gasteiger partial charge in [0.25, 0.3) is 11.8 Å². The summed E-state index contributed by atoms with van der Waals surface area (Å²) in [5.74, 6) is -0.307. The van der Waals surface area contributed by atoms with E-state index in [-0.39, 0.29) is 36.3 Å². The second-order valence-electron chi connectivity index (χ2n) is 9.38. The van der Waals surface area contributed by atoms with E-state index in [4.69, 9.17) is 11.6 Å². The molecule has 35 heavy (non-hydrogen) atoms. The fourth-order valence-corrected chi connectivity index (χ4v) is 6.48. The Hall–Kier alpha value is -2.17. The largest absolute Gasteiger partial charge is 0.351 e. The molecule has 2 aliphatic heterocycles. The third-order valence-corrected chi connectivity index (χ3v) is 8.41. The van der Waals surface area contributed by atoms with E-state index in [2.05, 4.69) is 30.6 Å². The summed E-state index contributed by atoms with van der Waals surface area (Å²) in [6, 6.07) is 7.08. The monoisotopic (exact) mass is 534 g/mol. The number of aromatic amines is 1. The molecule has 4 heterocycles. The van der Waals surface area contributed by atoms with Gasteiger partial charge < -0.3 is 15.6 Å². The lowest BCUT2D eigenvalue weighted by molar-refractivity contribution is -0.00171. The number of hydrazine groups is 1. The summed E-state index contributed by atoms with van der Waals surface area (Å²) in [6.07, 6.45) is 4.91. The standard InChI is InChI=1S/C24H27ClN6O2S.ClH/c25-15-6-7-16-14(10-15)11-19(26-16)22(32)27-17-4-1-2-5-18(17)28-23(33)24-29-20-12-30-8-3-9-31(30)13-21(20)34-24;/h6-7,10-11,17-18,26H,1-5,8-9,12-13H2,(H,27,32)(H,28,33);1H/t17-,18+;/m0./s1. The first-order chi connectivity index (χ1) is 16.5. The highest BCUT2D eigenvalue weighted by Crippen LogP contribution is 2.30. The number of thiazole rings is 1. The molecule has 8 nitrogen and oxygen atoms in total. The van der Waals surface area contributed by atoms with Gasteiger partial charge in [0.2, 0.25) is 0 Å². The van der Waals surface area contributed by atoms with Gasteiger partial charge in [-0.1, -0.05) is 24.4 Å². The Morgan fingerprint density at radius 3 is 2.49 bits per heavy atom. The minimum atomic E-state index is -0.169. The first-order valence-corrected chi connectivity index (χ1v) is 13.1. The zero-order chi connectivity index (χ0) is 23.2. The Kier molecular flexibility index (Phi) is 7.05. The summed E-state index contributed by atoms with van der Waals surface area (Å²) < 4.78 is 0. The van der Waals surface area contributed by atoms with Gasteiger partial charge in [0.1, 0.15) is 5.69 Å². The van der Waals surface area contributed by atoms with Crippen molar-refractivity contribution in [3.63, 3.8) is 0 Å². The second-order valence-corrected chi connectivity index (χ2v) is 10.9. The second kappa shape index (κ2) is 10.1. The molecule has 0 unspecified atom stereocenters. The van der Waals surface area contributed by atoms with Crippen molar-refractivity contribution in [2.24, 2.45) is 0 Å². The molecule has 0 radical (unpaired) electrons. The highest BCUT2D eigenvalue weighted by Gasteiger charge is 2.33. The molecular weight excluding hydrogens is 507 g/mol. The number of aromatic nitrogens is 2. The highest BCUT2D eigenvalue weighted by molar-refractivity contribution is 7.13. The molecule has 2 atom stereocenters. The first-order valence-electron chi connectivity index (χ1n) is 11.9. The van der Waals surface area contributed by atoms with Gasteiger partial charge in [-0.3, -0.25) is 9.59 Å². The van der Waals surface area contributed by atoms with Crippen molar-refractivity contribution in [2.45, 2.75) is 57.3 Å². The number of carbonyl (C=O) groups is 2. The van der Waals surface area contributed by atoms with E-state index in [0.717, 1.165) is 68.5 Å². The number of halogens is 2. The first kappa shape index (κ1) is 24.5. The summed E-state index contributed by atoms with van der Waals surface area (Å²) in [5.41, 5.74) is 2.39. The Labute approximate surface area is 218 Å². The van der Waals surface area contributed by atoms with Crippen molar-refractivity contribution in [1.29, 1.82) is 0 Å². The lowest BCUT2D eigenvalue weighted by Gasteiger charge is -2.32. The summed E-state index contributed by atoms with van der Waals surface area (Å²) in [5, 5.41) is 13.1. The van der Waals surface area contributed by atoms with Crippen LogP contribution in [0.5, 0.6) is 0 Å². The van der Waals surface area contributed by atoms with Crippen LogP contribution in [0.4, 0.5) is 0 Å². The van der Waals surface area contributed by atoms with Crippen LogP contribution in [-0.4, -0.2) is 57.0 Å². The van der Waals surface area contributed by atoms with E-state index in [1.165, 1.54) is 22.6 Å². The maximum atomic E-state index is 13.1. The number of rotatable bonds is 4. The molecule has 2 fully saturated rings. The molecule has 6 rings (SSSR count). The Bertz CT molecular complexity index is 1230. The van der Waals surface area contributed by atoms with E-state index in [0.29, 0.717) is 15.7 Å². The summed E-state index contributed by atoms with van der Waals surface area (Å²) >= 11 is 7.58. The summed E-state index contributed by atoms with van der Waals surface area (Å²) in [6.45, 7) is 3.77. The molecule has 11 heteroatoms. The van der Waals surface area contributed by atoms with Crippen LogP contribution in [-0.2, 0) is 13.1 Å². The number of nitrogens with one attached hydrogen (secondary N) is 3. The average Bonchev–Trinajstić information content (AvgIpc) is 3.55. The van der Waals surface area contributed by atoms with Crippen molar-refractivity contribution in [2.75, 3.05) is 13.1 Å². The number of fused-ring (bicyclic) bond motifs is 3. The molecule has 1 saturated carbocycles. The predicted octanol–water partition coefficient (Wildman–Crippen LogP) is 4.11. The Morgan fingerprint density at radius 2 is 1.71 bits per heavy atom. The van der Waals surface area contributed by atoms with Gasteiger partial charge in [-0.25, -0.2) is 15.0 Å². The van der Waals surface area contributed by atoms with Gasteiger partial charge in [0.15, 0.2) is 5.01 Å². The van der Waals surface area contributed by atoms with Crippen LogP contribution in [0.2, 0.25) is 5.02 Å². The van der Waals surface area contributed by atoms with Crippen LogP contribution in [0.15, 0.2) is 24.3 Å². The number of H-pyrrole nitrogens is 1. The lowest BCUT2D eigenvalue weighted by Crippen LogP contribution is -2.53. The van der Waals surface area contributed by atoms with Crippen LogP contribution >= 0.6 is 35.3 Å². The predicted molar refractivity (Wildman–Crippen MR) is 139 cm³/mol. The molecule has 2 amide bonds. The van der Waals surface area contributed by atoms with Crippen LogP contribution < -0.4 is 10.6 Å². The number of nitrogens with zero attached hydrogens (tertiary/aromatic N) is 3. The van der Waals surface area contributed by atoms with E-state index < -0.39 is 0 Å². The van der Waals surface area contributed by atoms with E-state index in [9.17, 15) is 9.59 Å². The Morgan fingerprint density at radius 1 is 1.00 bits per heavy atom. The van der Waals surface area contributed by atoms with Crippen LogP contribution in [0.25, 0.3) is 10.9 Å². The number of hydrogen-bond acceptors (Lipinski definition) is 6. The topological polar surface area (TPSA) is 93.4 Å². The molecule has 1 aliphatic carbocycles. The molecule has 2 aromatic heterocycles. The number of benzene rings is 1. The van der Waals surface area contributed by atoms with Crippen LogP contribution in [0.3, 0.4) is 0 Å². The van der Waals surface area contributed by atoms with Crippen LogP contribution in [0.1, 0.15) is 63.0 Å². The number of hydrogen-bond donors (Lipinski definition) is 3. The molecule has 3 N–H and O–H groups in total. The zero-order valence-electron chi connectivity index (χ0n) is 19.2. The Balaban J connectivity index is 0.00000253. The quantitative estimate of drug-likeness (QED) is 0.468. The van der Waals surface area contributed by atoms with Gasteiger partial charge in [-0.05, 0) is 43.5 Å². The minimum absolute atomic E-state index is 0. The van der Waals surface area contributed by atoms with Gasteiger partial charge in [-0.2, -0.15) is 0 Å². The van der Waals surface area contributed by atoms with Crippen molar-refractivity contribution in [3.8, 4) is 0 Å². The van der Waals surface area contributed by atoms with Gasteiger partial charge >= 0.3 is 0 Å². The maximum Gasteiger partial charge on any atom is 0.280 e. The molecule has 0 bridgehead atoms. The number of amides is 2. The van der Waals surface area contributed by atoms with Gasteiger partial charge in [-0.15, -0.1) is 23.7 Å². The molecular formula is C24H28Cl2N6O2S. The highest BCUT2D eigenvalue weighted by atomic mass is 35.5. The average molecular weight is 536 g/mol. The van der Waals surface area contributed by atoms with Crippen molar-refractivity contribution >= 4 is 58.1 Å². The van der Waals surface area contributed by atoms with E-state index in [1.54, 1.807) is 6.07 Å². The van der Waals surface area contributed by atoms with Crippen molar-refractivity contribution in [3.05, 3.63) is 50.6 Å². The third kappa shape index (κ3) is 4.93. The fourth-order valence-electron chi connectivity index (χ4n) is 5.32. The van der Waals surface area contributed by atoms with E-state index >= 15 is 0 Å². The van der Waals surface area contributed by atoms with Crippen molar-refractivity contribution < 1.29 is 9.59 Å². The zero-order valence-corrected chi connectivity index (χ0v) is 21.6. The third-order valence-electron chi connectivity index (χ3n) is 7.09. The van der Waals surface area contributed by atoms with Gasteiger partial charge in [0, 0.05) is 52.5 Å². The van der Waals surface area contributed by atoms with E-state index in [1.807, 2.05) is 18.2 Å². The van der Waals surface area contributed by atoms with Crippen molar-refractivity contribution in [1.82, 2.24) is 30.6 Å². The normalized spacial score (nSPS) is 22.3. The molecule has 186 valence electrons. The maximum absolute atomic E-state index is 13.1. The molecule has 3 aromatic rings. The molecule has 1 aromatic carbocycles. The summed E-state index contributed by atoms with van der Waals surface area (Å²) in [4.78, 5) is 35.1. The lowest BCUT2D eigenvalue weighted by atomic mass is 9.90.